The minimum absolute atomic E-state index is 0.517. The van der Waals surface area contributed by atoms with Gasteiger partial charge in [0.05, 0.1) is 11.4 Å². The molecule has 3 aromatic rings. The molecule has 1 unspecified atom stereocenters. The van der Waals surface area contributed by atoms with Crippen LogP contribution in [-0.2, 0) is 11.4 Å². The molecule has 0 aliphatic rings. The molecule has 33 heavy (non-hydrogen) atoms. The fourth-order valence-corrected chi connectivity index (χ4v) is 4.00. The van der Waals surface area contributed by atoms with Crippen molar-refractivity contribution in [2.45, 2.75) is 50.0 Å². The van der Waals surface area contributed by atoms with E-state index in [1.165, 1.54) is 0 Å². The van der Waals surface area contributed by atoms with Crippen LogP contribution in [-0.4, -0.2) is 17.3 Å². The van der Waals surface area contributed by atoms with Gasteiger partial charge in [0.2, 0.25) is 0 Å². The number of alkyl halides is 1. The highest BCUT2D eigenvalue weighted by atomic mass is 79.9. The number of unbranched alkanes of at least 4 members (excludes halogenated alkanes) is 2. The number of nitrogens with zero attached hydrogens (tertiary/aromatic N) is 3. The van der Waals surface area contributed by atoms with Gasteiger partial charge < -0.3 is 4.84 Å². The molecule has 0 aliphatic heterocycles. The number of rotatable bonds is 14. The van der Waals surface area contributed by atoms with Gasteiger partial charge in [0.25, 0.3) is 0 Å². The van der Waals surface area contributed by atoms with Crippen LogP contribution in [0.15, 0.2) is 101 Å². The van der Waals surface area contributed by atoms with Gasteiger partial charge in [-0.1, -0.05) is 87.8 Å². The second-order valence-corrected chi connectivity index (χ2v) is 9.08. The average molecular weight is 506 g/mol. The third-order valence-corrected chi connectivity index (χ3v) is 6.04. The molecule has 0 bridgehead atoms. The molecule has 0 N–H and O–H groups in total. The predicted octanol–water partition coefficient (Wildman–Crippen LogP) is 8.12. The van der Waals surface area contributed by atoms with Crippen LogP contribution in [0.25, 0.3) is 0 Å². The van der Waals surface area contributed by atoms with Crippen molar-refractivity contribution in [3.05, 3.63) is 96.6 Å². The lowest BCUT2D eigenvalue weighted by molar-refractivity contribution is 0.131. The summed E-state index contributed by atoms with van der Waals surface area (Å²) >= 11 is 3.82. The summed E-state index contributed by atoms with van der Waals surface area (Å²) in [7, 11) is 0. The maximum Gasteiger partial charge on any atom is 0.142 e. The van der Waals surface area contributed by atoms with Crippen molar-refractivity contribution in [2.75, 3.05) is 5.01 Å². The number of halogens is 1. The second kappa shape index (κ2) is 15.0. The van der Waals surface area contributed by atoms with Gasteiger partial charge in [-0.3, -0.25) is 0 Å². The van der Waals surface area contributed by atoms with Gasteiger partial charge in [0.1, 0.15) is 6.61 Å². The molecular weight excluding hydrogens is 474 g/mol. The highest BCUT2D eigenvalue weighted by Crippen LogP contribution is 2.25. The first-order valence-electron chi connectivity index (χ1n) is 11.6. The van der Waals surface area contributed by atoms with Crippen LogP contribution in [0.2, 0.25) is 0 Å². The average Bonchev–Trinajstić information content (AvgIpc) is 2.87. The molecule has 0 aliphatic carbocycles. The third-order valence-electron chi connectivity index (χ3n) is 5.12. The van der Waals surface area contributed by atoms with E-state index in [4.69, 9.17) is 9.94 Å². The van der Waals surface area contributed by atoms with Crippen molar-refractivity contribution in [1.29, 1.82) is 0 Å². The largest absolute Gasteiger partial charge is 0.391 e. The fraction of sp³-hybridized carbons (Fsp3) is 0.286. The smallest absolute Gasteiger partial charge is 0.142 e. The van der Waals surface area contributed by atoms with Gasteiger partial charge in [-0.05, 0) is 68.4 Å². The molecule has 0 saturated carbocycles. The first kappa shape index (κ1) is 24.7. The maximum absolute atomic E-state index is 5.34. The van der Waals surface area contributed by atoms with Crippen LogP contribution in [0.1, 0.15) is 44.1 Å². The molecule has 0 fully saturated rings. The van der Waals surface area contributed by atoms with E-state index in [-0.39, 0.29) is 0 Å². The number of hydrazone groups is 1. The molecule has 1 atom stereocenters. The van der Waals surface area contributed by atoms with E-state index < -0.39 is 0 Å². The summed E-state index contributed by atoms with van der Waals surface area (Å²) in [5.41, 5.74) is 3.26. The summed E-state index contributed by atoms with van der Waals surface area (Å²) in [4.78, 5) is 5.86. The minimum atomic E-state index is 0.517. The lowest BCUT2D eigenvalue weighted by Crippen LogP contribution is -2.09. The first-order valence-corrected chi connectivity index (χ1v) is 12.5. The number of benzene rings is 3. The SMILES string of the molecule is BrC(CCC/C=N/OCc1ccccc1)CCC/C=N/N(c1ccccc1)c1ccccc1. The monoisotopic (exact) mass is 505 g/mol. The van der Waals surface area contributed by atoms with Gasteiger partial charge in [0, 0.05) is 17.3 Å². The second-order valence-electron chi connectivity index (χ2n) is 7.79. The summed E-state index contributed by atoms with van der Waals surface area (Å²) in [6.07, 6.45) is 10.2. The Balaban J connectivity index is 1.31. The summed E-state index contributed by atoms with van der Waals surface area (Å²) in [6, 6.07) is 30.6. The Morgan fingerprint density at radius 2 is 1.24 bits per heavy atom. The number of anilines is 2. The van der Waals surface area contributed by atoms with Crippen LogP contribution in [0.5, 0.6) is 0 Å². The van der Waals surface area contributed by atoms with Gasteiger partial charge >= 0.3 is 0 Å². The molecule has 3 aromatic carbocycles. The standard InChI is InChI=1S/C28H32BrN3O/c29-26(17-11-13-23-31-33-24-25-14-4-1-5-15-25)16-10-12-22-30-32(27-18-6-2-7-19-27)28-20-8-3-9-21-28/h1-9,14-15,18-23,26H,10-13,16-17,24H2/b30-22+,31-23+. The fourth-order valence-electron chi connectivity index (χ4n) is 3.36. The third kappa shape index (κ3) is 9.62. The first-order chi connectivity index (χ1) is 16.3. The molecule has 0 spiro atoms. The Morgan fingerprint density at radius 3 is 1.82 bits per heavy atom. The number of para-hydroxylation sites is 2. The van der Waals surface area contributed by atoms with Crippen molar-refractivity contribution < 1.29 is 4.84 Å². The Hall–Kier alpha value is -2.92. The van der Waals surface area contributed by atoms with Crippen molar-refractivity contribution >= 4 is 39.7 Å². The van der Waals surface area contributed by atoms with Crippen LogP contribution >= 0.6 is 15.9 Å². The molecule has 0 saturated heterocycles. The molecule has 5 heteroatoms. The molecule has 0 amide bonds. The molecule has 4 nitrogen and oxygen atoms in total. The van der Waals surface area contributed by atoms with E-state index in [0.29, 0.717) is 11.4 Å². The highest BCUT2D eigenvalue weighted by molar-refractivity contribution is 9.09. The zero-order chi connectivity index (χ0) is 23.0. The Kier molecular flexibility index (Phi) is 11.2. The Labute approximate surface area is 206 Å². The summed E-state index contributed by atoms with van der Waals surface area (Å²) < 4.78 is 0. The Morgan fingerprint density at radius 1 is 0.727 bits per heavy atom. The van der Waals surface area contributed by atoms with Crippen LogP contribution in [0.3, 0.4) is 0 Å². The van der Waals surface area contributed by atoms with Crippen LogP contribution in [0.4, 0.5) is 11.4 Å². The maximum atomic E-state index is 5.34. The van der Waals surface area contributed by atoms with Gasteiger partial charge in [-0.2, -0.15) is 5.10 Å². The normalized spacial score (nSPS) is 12.3. The van der Waals surface area contributed by atoms with Crippen LogP contribution < -0.4 is 5.01 Å². The zero-order valence-electron chi connectivity index (χ0n) is 19.0. The molecule has 0 radical (unpaired) electrons. The number of hydrogen-bond acceptors (Lipinski definition) is 4. The molecular formula is C28H32BrN3O. The minimum Gasteiger partial charge on any atom is -0.391 e. The van der Waals surface area contributed by atoms with Crippen molar-refractivity contribution in [3.63, 3.8) is 0 Å². The molecule has 3 rings (SSSR count). The quantitative estimate of drug-likeness (QED) is 0.0958. The number of hydrogen-bond donors (Lipinski definition) is 0. The van der Waals surface area contributed by atoms with E-state index in [1.807, 2.05) is 84.2 Å². The molecule has 0 heterocycles. The highest BCUT2D eigenvalue weighted by Gasteiger charge is 2.07. The summed E-state index contributed by atoms with van der Waals surface area (Å²) in [6.45, 7) is 0.520. The number of oxime groups is 1. The van der Waals surface area contributed by atoms with E-state index >= 15 is 0 Å². The molecule has 0 aromatic heterocycles. The van der Waals surface area contributed by atoms with Gasteiger partial charge in [-0.15, -0.1) is 0 Å². The van der Waals surface area contributed by atoms with E-state index in [9.17, 15) is 0 Å². The van der Waals surface area contributed by atoms with E-state index in [2.05, 4.69) is 45.4 Å². The van der Waals surface area contributed by atoms with Gasteiger partial charge in [0.15, 0.2) is 0 Å². The van der Waals surface area contributed by atoms with E-state index in [0.717, 1.165) is 55.5 Å². The lowest BCUT2D eigenvalue weighted by Gasteiger charge is -2.19. The zero-order valence-corrected chi connectivity index (χ0v) is 20.6. The van der Waals surface area contributed by atoms with Crippen molar-refractivity contribution in [2.24, 2.45) is 10.3 Å². The summed E-state index contributed by atoms with van der Waals surface area (Å²) in [5, 5.41) is 10.8. The predicted molar refractivity (Wildman–Crippen MR) is 144 cm³/mol. The Bertz CT molecular complexity index is 909. The van der Waals surface area contributed by atoms with Crippen molar-refractivity contribution in [3.8, 4) is 0 Å². The van der Waals surface area contributed by atoms with Crippen LogP contribution in [0, 0.1) is 0 Å². The summed E-state index contributed by atoms with van der Waals surface area (Å²) in [5.74, 6) is 0. The van der Waals surface area contributed by atoms with Gasteiger partial charge in [-0.25, -0.2) is 5.01 Å². The van der Waals surface area contributed by atoms with Crippen molar-refractivity contribution in [1.82, 2.24) is 0 Å². The topological polar surface area (TPSA) is 37.2 Å². The molecule has 172 valence electrons. The lowest BCUT2D eigenvalue weighted by atomic mass is 10.1. The van der Waals surface area contributed by atoms with E-state index in [1.54, 1.807) is 0 Å².